The number of carbonyl (C=O) groups is 3. The third-order valence-electron chi connectivity index (χ3n) is 4.11. The van der Waals surface area contributed by atoms with E-state index in [1.165, 1.54) is 21.1 Å². The molecule has 1 aromatic heterocycles. The van der Waals surface area contributed by atoms with Gasteiger partial charge in [-0.2, -0.15) is 0 Å². The summed E-state index contributed by atoms with van der Waals surface area (Å²) in [5, 5.41) is 2.48. The van der Waals surface area contributed by atoms with E-state index in [2.05, 4.69) is 11.6 Å². The van der Waals surface area contributed by atoms with Gasteiger partial charge in [0, 0.05) is 43.3 Å². The highest BCUT2D eigenvalue weighted by molar-refractivity contribution is 7.14. The molecule has 0 aliphatic carbocycles. The molecular weight excluding hydrogens is 350 g/mol. The highest BCUT2D eigenvalue weighted by Crippen LogP contribution is 2.28. The maximum atomic E-state index is 12.6. The number of benzene rings is 1. The molecule has 3 rings (SSSR count). The second kappa shape index (κ2) is 8.05. The van der Waals surface area contributed by atoms with Crippen molar-refractivity contribution >= 4 is 34.2 Å². The maximum absolute atomic E-state index is 12.6. The van der Waals surface area contributed by atoms with Crippen LogP contribution in [0.1, 0.15) is 19.3 Å². The largest absolute Gasteiger partial charge is 0.284 e. The van der Waals surface area contributed by atoms with E-state index in [9.17, 15) is 14.4 Å². The molecule has 0 saturated carbocycles. The van der Waals surface area contributed by atoms with Gasteiger partial charge in [0.25, 0.3) is 0 Å². The second-order valence-electron chi connectivity index (χ2n) is 5.86. The summed E-state index contributed by atoms with van der Waals surface area (Å²) in [6.07, 6.45) is 2.17. The van der Waals surface area contributed by atoms with Crippen molar-refractivity contribution in [2.45, 2.75) is 19.3 Å². The van der Waals surface area contributed by atoms with Crippen molar-refractivity contribution in [3.05, 3.63) is 48.4 Å². The SMILES string of the molecule is C=CCN(C(=O)CCN1C(=O)CCC1=O)c1nc(-c2ccccc2)cs1. The van der Waals surface area contributed by atoms with Crippen LogP contribution in [0.3, 0.4) is 0 Å². The maximum Gasteiger partial charge on any atom is 0.230 e. The monoisotopic (exact) mass is 369 g/mol. The van der Waals surface area contributed by atoms with Gasteiger partial charge < -0.3 is 0 Å². The number of anilines is 1. The Bertz CT molecular complexity index is 816. The fourth-order valence-electron chi connectivity index (χ4n) is 2.76. The van der Waals surface area contributed by atoms with Gasteiger partial charge in [0.2, 0.25) is 17.7 Å². The zero-order valence-corrected chi connectivity index (χ0v) is 15.1. The first kappa shape index (κ1) is 18.0. The lowest BCUT2D eigenvalue weighted by molar-refractivity contribution is -0.138. The third kappa shape index (κ3) is 3.88. The Balaban J connectivity index is 1.71. The number of hydrogen-bond acceptors (Lipinski definition) is 5. The quantitative estimate of drug-likeness (QED) is 0.556. The van der Waals surface area contributed by atoms with Crippen molar-refractivity contribution in [3.63, 3.8) is 0 Å². The van der Waals surface area contributed by atoms with E-state index in [-0.39, 0.29) is 43.5 Å². The molecule has 0 N–H and O–H groups in total. The summed E-state index contributed by atoms with van der Waals surface area (Å²) in [4.78, 5) is 43.3. The Kier molecular flexibility index (Phi) is 5.58. The molecule has 1 aliphatic heterocycles. The van der Waals surface area contributed by atoms with E-state index in [1.807, 2.05) is 35.7 Å². The van der Waals surface area contributed by atoms with E-state index < -0.39 is 0 Å². The molecule has 0 bridgehead atoms. The van der Waals surface area contributed by atoms with Crippen LogP contribution in [0, 0.1) is 0 Å². The van der Waals surface area contributed by atoms with Crippen LogP contribution in [0.2, 0.25) is 0 Å². The van der Waals surface area contributed by atoms with Crippen LogP contribution < -0.4 is 4.90 Å². The molecule has 0 spiro atoms. The third-order valence-corrected chi connectivity index (χ3v) is 4.97. The molecule has 134 valence electrons. The molecule has 0 atom stereocenters. The van der Waals surface area contributed by atoms with E-state index in [1.54, 1.807) is 6.08 Å². The number of aromatic nitrogens is 1. The second-order valence-corrected chi connectivity index (χ2v) is 6.70. The van der Waals surface area contributed by atoms with Gasteiger partial charge in [-0.15, -0.1) is 17.9 Å². The summed E-state index contributed by atoms with van der Waals surface area (Å²) < 4.78 is 0. The Morgan fingerprint density at radius 1 is 1.23 bits per heavy atom. The van der Waals surface area contributed by atoms with E-state index in [4.69, 9.17) is 0 Å². The highest BCUT2D eigenvalue weighted by Gasteiger charge is 2.29. The van der Waals surface area contributed by atoms with Crippen LogP contribution >= 0.6 is 11.3 Å². The molecule has 2 aromatic rings. The van der Waals surface area contributed by atoms with Gasteiger partial charge >= 0.3 is 0 Å². The first-order valence-electron chi connectivity index (χ1n) is 8.35. The molecule has 0 unspecified atom stereocenters. The molecule has 1 aliphatic rings. The first-order valence-corrected chi connectivity index (χ1v) is 9.23. The summed E-state index contributed by atoms with van der Waals surface area (Å²) in [5.41, 5.74) is 1.78. The summed E-state index contributed by atoms with van der Waals surface area (Å²) in [6, 6.07) is 9.73. The average molecular weight is 369 g/mol. The summed E-state index contributed by atoms with van der Waals surface area (Å²) in [7, 11) is 0. The minimum absolute atomic E-state index is 0.0750. The zero-order chi connectivity index (χ0) is 18.5. The minimum atomic E-state index is -0.210. The molecule has 2 heterocycles. The van der Waals surface area contributed by atoms with E-state index in [0.717, 1.165) is 11.3 Å². The molecule has 1 saturated heterocycles. The van der Waals surface area contributed by atoms with Gasteiger partial charge in [0.1, 0.15) is 0 Å². The number of rotatable bonds is 7. The van der Waals surface area contributed by atoms with E-state index >= 15 is 0 Å². The van der Waals surface area contributed by atoms with E-state index in [0.29, 0.717) is 11.7 Å². The van der Waals surface area contributed by atoms with Crippen molar-refractivity contribution in [1.82, 2.24) is 9.88 Å². The molecule has 7 heteroatoms. The number of amides is 3. The normalized spacial score (nSPS) is 13.9. The standard InChI is InChI=1S/C19H19N3O3S/c1-2-11-22(18(25)10-12-21-16(23)8-9-17(21)24)19-20-15(13-26-19)14-6-4-3-5-7-14/h2-7,13H,1,8-12H2. The van der Waals surface area contributed by atoms with Gasteiger partial charge in [0.15, 0.2) is 5.13 Å². The molecule has 0 radical (unpaired) electrons. The van der Waals surface area contributed by atoms with Crippen molar-refractivity contribution < 1.29 is 14.4 Å². The number of thiazole rings is 1. The van der Waals surface area contributed by atoms with Gasteiger partial charge in [-0.25, -0.2) is 4.98 Å². The van der Waals surface area contributed by atoms with Gasteiger partial charge in [-0.1, -0.05) is 36.4 Å². The fourth-order valence-corrected chi connectivity index (χ4v) is 3.62. The molecule has 3 amide bonds. The lowest BCUT2D eigenvalue weighted by Crippen LogP contribution is -2.36. The predicted molar refractivity (Wildman–Crippen MR) is 101 cm³/mol. The van der Waals surface area contributed by atoms with Gasteiger partial charge in [0.05, 0.1) is 5.69 Å². The molecular formula is C19H19N3O3S. The number of likely N-dealkylation sites (tertiary alicyclic amines) is 1. The number of carbonyl (C=O) groups excluding carboxylic acids is 3. The fraction of sp³-hybridized carbons (Fsp3) is 0.263. The lowest BCUT2D eigenvalue weighted by Gasteiger charge is -2.20. The van der Waals surface area contributed by atoms with Crippen molar-refractivity contribution in [1.29, 1.82) is 0 Å². The van der Waals surface area contributed by atoms with Crippen LogP contribution in [0.25, 0.3) is 11.3 Å². The summed E-state index contributed by atoms with van der Waals surface area (Å²) in [6.45, 7) is 4.13. The Morgan fingerprint density at radius 3 is 2.58 bits per heavy atom. The highest BCUT2D eigenvalue weighted by atomic mass is 32.1. The van der Waals surface area contributed by atoms with Crippen LogP contribution in [-0.2, 0) is 14.4 Å². The van der Waals surface area contributed by atoms with Gasteiger partial charge in [-0.3, -0.25) is 24.2 Å². The summed E-state index contributed by atoms with van der Waals surface area (Å²) in [5.74, 6) is -0.608. The molecule has 1 fully saturated rings. The molecule has 1 aromatic carbocycles. The minimum Gasteiger partial charge on any atom is -0.284 e. The van der Waals surface area contributed by atoms with Crippen LogP contribution in [0.4, 0.5) is 5.13 Å². The number of hydrogen-bond donors (Lipinski definition) is 0. The van der Waals surface area contributed by atoms with Crippen molar-refractivity contribution in [2.75, 3.05) is 18.0 Å². The van der Waals surface area contributed by atoms with Gasteiger partial charge in [-0.05, 0) is 0 Å². The number of imide groups is 1. The average Bonchev–Trinajstić information content (AvgIpc) is 3.26. The summed E-state index contributed by atoms with van der Waals surface area (Å²) >= 11 is 1.38. The Labute approximate surface area is 155 Å². The zero-order valence-electron chi connectivity index (χ0n) is 14.3. The van der Waals surface area contributed by atoms with Crippen molar-refractivity contribution in [3.8, 4) is 11.3 Å². The number of nitrogens with zero attached hydrogens (tertiary/aromatic N) is 3. The predicted octanol–water partition coefficient (Wildman–Crippen LogP) is 2.87. The smallest absolute Gasteiger partial charge is 0.230 e. The first-order chi connectivity index (χ1) is 12.6. The van der Waals surface area contributed by atoms with Crippen LogP contribution in [-0.4, -0.2) is 40.7 Å². The topological polar surface area (TPSA) is 70.6 Å². The van der Waals surface area contributed by atoms with Crippen molar-refractivity contribution in [2.24, 2.45) is 0 Å². The van der Waals surface area contributed by atoms with Crippen LogP contribution in [0.15, 0.2) is 48.4 Å². The molecule has 6 nitrogen and oxygen atoms in total. The lowest BCUT2D eigenvalue weighted by atomic mass is 10.2. The van der Waals surface area contributed by atoms with Crippen LogP contribution in [0.5, 0.6) is 0 Å². The Morgan fingerprint density at radius 2 is 1.92 bits per heavy atom. The molecule has 26 heavy (non-hydrogen) atoms. The Hall–Kier alpha value is -2.80.